The van der Waals surface area contributed by atoms with E-state index in [9.17, 15) is 14.4 Å². The Morgan fingerprint density at radius 2 is 0.623 bits per heavy atom. The molecule has 1 atom stereocenters. The van der Waals surface area contributed by atoms with Crippen LogP contribution < -0.4 is 0 Å². The molecule has 0 amide bonds. The van der Waals surface area contributed by atoms with Gasteiger partial charge in [0.25, 0.3) is 0 Å². The van der Waals surface area contributed by atoms with Crippen LogP contribution in [-0.4, -0.2) is 37.2 Å². The molecule has 0 spiro atoms. The molecule has 0 aliphatic carbocycles. The molecule has 0 radical (unpaired) electrons. The molecule has 0 N–H and O–H groups in total. The highest BCUT2D eigenvalue weighted by molar-refractivity contribution is 5.71. The Balaban J connectivity index is 4.29. The highest BCUT2D eigenvalue weighted by Gasteiger charge is 2.19. The summed E-state index contributed by atoms with van der Waals surface area (Å²) in [6.07, 6.45) is 38.1. The second kappa shape index (κ2) is 40.1. The van der Waals surface area contributed by atoms with Crippen molar-refractivity contribution in [3.8, 4) is 0 Å². The largest absolute Gasteiger partial charge is 0.462 e. The van der Waals surface area contributed by atoms with Gasteiger partial charge in [0.15, 0.2) is 6.10 Å². The molecule has 6 heteroatoms. The summed E-state index contributed by atoms with van der Waals surface area (Å²) in [5.41, 5.74) is 0. The molecule has 0 bridgehead atoms. The average molecular weight is 751 g/mol. The van der Waals surface area contributed by atoms with Crippen LogP contribution in [0.25, 0.3) is 0 Å². The van der Waals surface area contributed by atoms with Gasteiger partial charge in [-0.15, -0.1) is 0 Å². The first-order chi connectivity index (χ1) is 25.7. The Hall–Kier alpha value is -1.59. The van der Waals surface area contributed by atoms with Crippen LogP contribution in [-0.2, 0) is 28.6 Å². The smallest absolute Gasteiger partial charge is 0.306 e. The van der Waals surface area contributed by atoms with E-state index in [0.717, 1.165) is 69.6 Å². The SMILES string of the molecule is CCCCCCCCCCCCC(=O)OC[C@H](COC(=O)CCCCCCCCCCCCCCC(C)C)OC(=O)CCCCCCCCCC(C)C. The van der Waals surface area contributed by atoms with Crippen molar-refractivity contribution in [1.82, 2.24) is 0 Å². The molecular weight excluding hydrogens is 661 g/mol. The van der Waals surface area contributed by atoms with Gasteiger partial charge in [0.1, 0.15) is 13.2 Å². The second-order valence-electron chi connectivity index (χ2n) is 17.0. The van der Waals surface area contributed by atoms with Crippen molar-refractivity contribution in [2.75, 3.05) is 13.2 Å². The van der Waals surface area contributed by atoms with Crippen molar-refractivity contribution in [3.63, 3.8) is 0 Å². The summed E-state index contributed by atoms with van der Waals surface area (Å²) >= 11 is 0. The summed E-state index contributed by atoms with van der Waals surface area (Å²) in [6, 6.07) is 0. The van der Waals surface area contributed by atoms with Gasteiger partial charge in [-0.1, -0.05) is 214 Å². The number of unbranched alkanes of at least 4 members (excludes halogenated alkanes) is 26. The van der Waals surface area contributed by atoms with E-state index in [1.54, 1.807) is 0 Å². The van der Waals surface area contributed by atoms with Gasteiger partial charge in [0.2, 0.25) is 0 Å². The van der Waals surface area contributed by atoms with Crippen LogP contribution in [0, 0.1) is 11.8 Å². The lowest BCUT2D eigenvalue weighted by atomic mass is 10.0. The minimum Gasteiger partial charge on any atom is -0.462 e. The Kier molecular flexibility index (Phi) is 38.9. The number of hydrogen-bond donors (Lipinski definition) is 0. The lowest BCUT2D eigenvalue weighted by Gasteiger charge is -2.18. The predicted octanol–water partition coefficient (Wildman–Crippen LogP) is 14.6. The molecule has 0 heterocycles. The van der Waals surface area contributed by atoms with E-state index in [0.29, 0.717) is 19.3 Å². The second-order valence-corrected chi connectivity index (χ2v) is 17.0. The predicted molar refractivity (Wildman–Crippen MR) is 224 cm³/mol. The molecule has 0 aliphatic heterocycles. The van der Waals surface area contributed by atoms with Crippen molar-refractivity contribution in [2.45, 2.75) is 259 Å². The number of rotatable bonds is 41. The summed E-state index contributed by atoms with van der Waals surface area (Å²) in [7, 11) is 0. The minimum atomic E-state index is -0.760. The summed E-state index contributed by atoms with van der Waals surface area (Å²) in [4.78, 5) is 37.7. The van der Waals surface area contributed by atoms with E-state index in [4.69, 9.17) is 14.2 Å². The van der Waals surface area contributed by atoms with E-state index in [-0.39, 0.29) is 31.1 Å². The van der Waals surface area contributed by atoms with Crippen LogP contribution in [0.15, 0.2) is 0 Å². The van der Waals surface area contributed by atoms with E-state index in [1.807, 2.05) is 0 Å². The lowest BCUT2D eigenvalue weighted by Crippen LogP contribution is -2.30. The number of ether oxygens (including phenoxy) is 3. The Morgan fingerprint density at radius 1 is 0.358 bits per heavy atom. The highest BCUT2D eigenvalue weighted by atomic mass is 16.6. The van der Waals surface area contributed by atoms with Gasteiger partial charge in [-0.05, 0) is 31.1 Å². The molecule has 0 aromatic rings. The van der Waals surface area contributed by atoms with Crippen molar-refractivity contribution < 1.29 is 28.6 Å². The van der Waals surface area contributed by atoms with Gasteiger partial charge in [0.05, 0.1) is 0 Å². The maximum atomic E-state index is 12.7. The fraction of sp³-hybridized carbons (Fsp3) is 0.936. The molecule has 0 unspecified atom stereocenters. The third kappa shape index (κ3) is 41.4. The first kappa shape index (κ1) is 51.4. The molecule has 0 fully saturated rings. The number of carbonyl (C=O) groups excluding carboxylic acids is 3. The van der Waals surface area contributed by atoms with Crippen LogP contribution in [0.2, 0.25) is 0 Å². The number of esters is 3. The summed E-state index contributed by atoms with van der Waals surface area (Å²) < 4.78 is 16.7. The van der Waals surface area contributed by atoms with Crippen LogP contribution >= 0.6 is 0 Å². The Labute approximate surface area is 329 Å². The van der Waals surface area contributed by atoms with Crippen molar-refractivity contribution in [1.29, 1.82) is 0 Å². The van der Waals surface area contributed by atoms with Crippen molar-refractivity contribution in [2.24, 2.45) is 11.8 Å². The summed E-state index contributed by atoms with van der Waals surface area (Å²) in [5, 5.41) is 0. The fourth-order valence-corrected chi connectivity index (χ4v) is 6.93. The molecular formula is C47H90O6. The Bertz CT molecular complexity index is 809. The monoisotopic (exact) mass is 751 g/mol. The minimum absolute atomic E-state index is 0.0653. The van der Waals surface area contributed by atoms with E-state index in [1.165, 1.54) is 141 Å². The molecule has 0 aromatic carbocycles. The Morgan fingerprint density at radius 3 is 0.925 bits per heavy atom. The van der Waals surface area contributed by atoms with E-state index < -0.39 is 6.10 Å². The zero-order valence-corrected chi connectivity index (χ0v) is 36.1. The number of carbonyl (C=O) groups is 3. The quantitative estimate of drug-likeness (QED) is 0.0352. The van der Waals surface area contributed by atoms with Gasteiger partial charge >= 0.3 is 17.9 Å². The van der Waals surface area contributed by atoms with Gasteiger partial charge in [-0.3, -0.25) is 14.4 Å². The maximum Gasteiger partial charge on any atom is 0.306 e. The van der Waals surface area contributed by atoms with E-state index in [2.05, 4.69) is 34.6 Å². The third-order valence-electron chi connectivity index (χ3n) is 10.5. The molecule has 53 heavy (non-hydrogen) atoms. The van der Waals surface area contributed by atoms with Crippen LogP contribution in [0.4, 0.5) is 0 Å². The van der Waals surface area contributed by atoms with Crippen molar-refractivity contribution in [3.05, 3.63) is 0 Å². The van der Waals surface area contributed by atoms with E-state index >= 15 is 0 Å². The topological polar surface area (TPSA) is 78.9 Å². The van der Waals surface area contributed by atoms with Crippen LogP contribution in [0.5, 0.6) is 0 Å². The summed E-state index contributed by atoms with van der Waals surface area (Å²) in [6.45, 7) is 11.3. The first-order valence-electron chi connectivity index (χ1n) is 23.2. The van der Waals surface area contributed by atoms with Gasteiger partial charge in [0, 0.05) is 19.3 Å². The molecule has 6 nitrogen and oxygen atoms in total. The lowest BCUT2D eigenvalue weighted by molar-refractivity contribution is -0.167. The van der Waals surface area contributed by atoms with Crippen molar-refractivity contribution >= 4 is 17.9 Å². The average Bonchev–Trinajstić information content (AvgIpc) is 3.12. The third-order valence-corrected chi connectivity index (χ3v) is 10.5. The molecule has 0 rings (SSSR count). The molecule has 0 aromatic heterocycles. The fourth-order valence-electron chi connectivity index (χ4n) is 6.93. The molecule has 0 saturated heterocycles. The first-order valence-corrected chi connectivity index (χ1v) is 23.2. The standard InChI is InChI=1S/C47H90O6/c1-6-7-8-9-10-11-17-22-27-32-37-45(48)51-40-44(53-47(50)39-34-29-24-19-21-26-31-36-43(4)5)41-52-46(49)38-33-28-23-18-15-13-12-14-16-20-25-30-35-42(2)3/h42-44H,6-41H2,1-5H3/t44-/m1/s1. The van der Waals surface area contributed by atoms with Crippen LogP contribution in [0.3, 0.4) is 0 Å². The normalized spacial score (nSPS) is 12.1. The maximum absolute atomic E-state index is 12.7. The number of hydrogen-bond acceptors (Lipinski definition) is 6. The van der Waals surface area contributed by atoms with Gasteiger partial charge < -0.3 is 14.2 Å². The highest BCUT2D eigenvalue weighted by Crippen LogP contribution is 2.16. The molecule has 0 aliphatic rings. The molecule has 0 saturated carbocycles. The zero-order valence-electron chi connectivity index (χ0n) is 36.1. The van der Waals surface area contributed by atoms with Gasteiger partial charge in [-0.2, -0.15) is 0 Å². The summed E-state index contributed by atoms with van der Waals surface area (Å²) in [5.74, 6) is 0.752. The van der Waals surface area contributed by atoms with Crippen LogP contribution in [0.1, 0.15) is 253 Å². The van der Waals surface area contributed by atoms with Gasteiger partial charge in [-0.25, -0.2) is 0 Å². The zero-order chi connectivity index (χ0) is 39.0. The molecule has 314 valence electrons.